The van der Waals surface area contributed by atoms with Gasteiger partial charge in [-0.2, -0.15) is 5.26 Å². The molecule has 4 rings (SSSR count). The lowest BCUT2D eigenvalue weighted by atomic mass is 9.86. The second-order valence-electron chi connectivity index (χ2n) is 8.72. The molecule has 2 amide bonds. The van der Waals surface area contributed by atoms with E-state index >= 15 is 0 Å². The number of carbonyl (C=O) groups is 2. The topological polar surface area (TPSA) is 82.4 Å². The van der Waals surface area contributed by atoms with Crippen molar-refractivity contribution in [1.29, 1.82) is 5.26 Å². The maximum Gasteiger partial charge on any atom is 0.253 e. The lowest BCUT2D eigenvalue weighted by molar-refractivity contribution is 0.0703. The predicted octanol–water partition coefficient (Wildman–Crippen LogP) is 3.55. The first-order chi connectivity index (χ1) is 15.5. The molecule has 3 aliphatic rings. The molecule has 32 heavy (non-hydrogen) atoms. The van der Waals surface area contributed by atoms with Crippen LogP contribution in [-0.4, -0.2) is 49.1 Å². The van der Waals surface area contributed by atoms with Crippen molar-refractivity contribution in [3.8, 4) is 6.07 Å². The largest absolute Gasteiger partial charge is 0.376 e. The van der Waals surface area contributed by atoms with E-state index in [2.05, 4.69) is 17.1 Å². The highest BCUT2D eigenvalue weighted by Crippen LogP contribution is 2.28. The molecule has 2 aliphatic heterocycles. The molecule has 1 N–H and O–H groups in total. The van der Waals surface area contributed by atoms with E-state index in [-0.39, 0.29) is 23.8 Å². The Balaban J connectivity index is 1.37. The summed E-state index contributed by atoms with van der Waals surface area (Å²) in [7, 11) is 0. The number of aryl methyl sites for hydroxylation is 1. The number of hydrogen-bond acceptors (Lipinski definition) is 4. The fourth-order valence-corrected chi connectivity index (χ4v) is 4.51. The fourth-order valence-electron chi connectivity index (χ4n) is 4.51. The molecule has 1 aromatic rings. The zero-order valence-electron chi connectivity index (χ0n) is 18.5. The van der Waals surface area contributed by atoms with Gasteiger partial charge in [-0.3, -0.25) is 9.59 Å². The molecular formula is C26H29N3O3. The molecule has 0 aromatic heterocycles. The summed E-state index contributed by atoms with van der Waals surface area (Å²) in [5.41, 5.74) is 6.30. The Morgan fingerprint density at radius 1 is 1.28 bits per heavy atom. The standard InChI is InChI=1S/C26H29N3O3/c1-18-4-7-22(15-24(18)25(30)28-17-23-3-2-14-32-23)26(31)29-12-10-21(11-13-29)20-8-5-19(16-27)6-9-20/h4-8,15,19,21,23H,2-3,10-14,17H2,1H3,(H,28,30)/t19-,23?/m1/s1. The van der Waals surface area contributed by atoms with Crippen LogP contribution in [0.15, 0.2) is 47.7 Å². The summed E-state index contributed by atoms with van der Waals surface area (Å²) in [5, 5.41) is 11.9. The second kappa shape index (κ2) is 9.99. The van der Waals surface area contributed by atoms with Gasteiger partial charge in [-0.1, -0.05) is 18.2 Å². The molecule has 2 fully saturated rings. The lowest BCUT2D eigenvalue weighted by Gasteiger charge is -2.32. The molecule has 2 atom stereocenters. The van der Waals surface area contributed by atoms with Crippen LogP contribution in [0.4, 0.5) is 0 Å². The smallest absolute Gasteiger partial charge is 0.253 e. The number of piperidine rings is 1. The van der Waals surface area contributed by atoms with E-state index in [0.717, 1.165) is 43.4 Å². The van der Waals surface area contributed by atoms with E-state index in [1.807, 2.05) is 36.1 Å². The molecule has 0 spiro atoms. The second-order valence-corrected chi connectivity index (χ2v) is 8.72. The van der Waals surface area contributed by atoms with Crippen molar-refractivity contribution >= 4 is 11.8 Å². The number of carbonyl (C=O) groups excluding carboxylic acids is 2. The van der Waals surface area contributed by atoms with Crippen LogP contribution < -0.4 is 5.32 Å². The number of hydrogen-bond donors (Lipinski definition) is 1. The summed E-state index contributed by atoms with van der Waals surface area (Å²) in [6.45, 7) is 4.47. The quantitative estimate of drug-likeness (QED) is 0.723. The first-order valence-electron chi connectivity index (χ1n) is 11.4. The monoisotopic (exact) mass is 431 g/mol. The Hall–Kier alpha value is -3.13. The van der Waals surface area contributed by atoms with Crippen molar-refractivity contribution in [2.45, 2.75) is 38.7 Å². The molecular weight excluding hydrogens is 402 g/mol. The van der Waals surface area contributed by atoms with Crippen LogP contribution in [0.1, 0.15) is 52.0 Å². The number of nitrogens with one attached hydrogen (secondary N) is 1. The zero-order valence-corrected chi connectivity index (χ0v) is 18.5. The summed E-state index contributed by atoms with van der Waals surface area (Å²) in [6, 6.07) is 7.56. The van der Waals surface area contributed by atoms with Crippen LogP contribution in [0.3, 0.4) is 0 Å². The maximum atomic E-state index is 13.1. The number of allylic oxidation sites excluding steroid dienone is 3. The number of benzene rings is 1. The van der Waals surface area contributed by atoms with Crippen molar-refractivity contribution in [3.63, 3.8) is 0 Å². The molecule has 0 bridgehead atoms. The van der Waals surface area contributed by atoms with E-state index in [1.54, 1.807) is 12.1 Å². The summed E-state index contributed by atoms with van der Waals surface area (Å²) >= 11 is 0. The van der Waals surface area contributed by atoms with E-state index in [1.165, 1.54) is 0 Å². The molecule has 0 saturated carbocycles. The van der Waals surface area contributed by atoms with Crippen LogP contribution in [0.25, 0.3) is 0 Å². The first kappa shape index (κ1) is 22.1. The van der Waals surface area contributed by atoms with Gasteiger partial charge in [0.25, 0.3) is 11.8 Å². The van der Waals surface area contributed by atoms with Crippen molar-refractivity contribution in [2.75, 3.05) is 26.2 Å². The molecule has 6 heteroatoms. The number of rotatable bonds is 5. The van der Waals surface area contributed by atoms with Crippen LogP contribution in [0, 0.1) is 30.1 Å². The normalized spacial score (nSPS) is 23.0. The van der Waals surface area contributed by atoms with E-state index in [0.29, 0.717) is 36.7 Å². The van der Waals surface area contributed by atoms with Gasteiger partial charge in [0.05, 0.1) is 18.1 Å². The van der Waals surface area contributed by atoms with Gasteiger partial charge in [-0.05, 0) is 67.9 Å². The molecule has 1 aliphatic carbocycles. The minimum atomic E-state index is -0.195. The number of ether oxygens (including phenoxy) is 1. The average Bonchev–Trinajstić information content (AvgIpc) is 3.36. The summed E-state index contributed by atoms with van der Waals surface area (Å²) in [6.07, 6.45) is 9.52. The highest BCUT2D eigenvalue weighted by Gasteiger charge is 2.26. The third-order valence-electron chi connectivity index (χ3n) is 6.53. The summed E-state index contributed by atoms with van der Waals surface area (Å²) in [5.74, 6) is -0.0443. The molecule has 2 saturated heterocycles. The van der Waals surface area contributed by atoms with Gasteiger partial charge in [0.2, 0.25) is 0 Å². The maximum absolute atomic E-state index is 13.1. The van der Waals surface area contributed by atoms with Crippen molar-refractivity contribution in [1.82, 2.24) is 10.2 Å². The van der Waals surface area contributed by atoms with Gasteiger partial charge in [0.1, 0.15) is 0 Å². The van der Waals surface area contributed by atoms with Crippen LogP contribution >= 0.6 is 0 Å². The van der Waals surface area contributed by atoms with Gasteiger partial charge in [-0.15, -0.1) is 5.73 Å². The van der Waals surface area contributed by atoms with Crippen molar-refractivity contribution < 1.29 is 14.3 Å². The van der Waals surface area contributed by atoms with E-state index in [4.69, 9.17) is 10.00 Å². The summed E-state index contributed by atoms with van der Waals surface area (Å²) < 4.78 is 5.57. The molecule has 2 heterocycles. The highest BCUT2D eigenvalue weighted by molar-refractivity contribution is 6.00. The molecule has 1 aromatic carbocycles. The third kappa shape index (κ3) is 5.02. The number of likely N-dealkylation sites (tertiary alicyclic amines) is 1. The molecule has 166 valence electrons. The fraction of sp³-hybridized carbons (Fsp3) is 0.462. The highest BCUT2D eigenvalue weighted by atomic mass is 16.5. The minimum absolute atomic E-state index is 0.0371. The van der Waals surface area contributed by atoms with Gasteiger partial charge in [0.15, 0.2) is 0 Å². The van der Waals surface area contributed by atoms with Gasteiger partial charge in [-0.25, -0.2) is 0 Å². The van der Waals surface area contributed by atoms with Gasteiger partial charge >= 0.3 is 0 Å². The Morgan fingerprint density at radius 2 is 2.09 bits per heavy atom. The number of nitrogens with zero attached hydrogens (tertiary/aromatic N) is 2. The van der Waals surface area contributed by atoms with Crippen molar-refractivity contribution in [3.05, 3.63) is 64.4 Å². The SMILES string of the molecule is Cc1ccc(C(=O)N2CCC(C3=C=C[C@H](C#N)C=C3)CC2)cc1C(=O)NCC1CCCO1. The van der Waals surface area contributed by atoms with Gasteiger partial charge < -0.3 is 15.0 Å². The summed E-state index contributed by atoms with van der Waals surface area (Å²) in [4.78, 5) is 27.7. The van der Waals surface area contributed by atoms with Crippen LogP contribution in [0.2, 0.25) is 0 Å². The van der Waals surface area contributed by atoms with E-state index < -0.39 is 0 Å². The molecule has 6 nitrogen and oxygen atoms in total. The number of nitriles is 1. The van der Waals surface area contributed by atoms with Crippen LogP contribution in [0.5, 0.6) is 0 Å². The number of amides is 2. The Bertz CT molecular complexity index is 1020. The predicted molar refractivity (Wildman–Crippen MR) is 121 cm³/mol. The first-order valence-corrected chi connectivity index (χ1v) is 11.4. The minimum Gasteiger partial charge on any atom is -0.376 e. The third-order valence-corrected chi connectivity index (χ3v) is 6.53. The lowest BCUT2D eigenvalue weighted by Crippen LogP contribution is -2.39. The molecule has 0 radical (unpaired) electrons. The van der Waals surface area contributed by atoms with Crippen molar-refractivity contribution in [2.24, 2.45) is 11.8 Å². The molecule has 1 unspecified atom stereocenters. The zero-order chi connectivity index (χ0) is 22.5. The Morgan fingerprint density at radius 3 is 2.75 bits per heavy atom. The Kier molecular flexibility index (Phi) is 6.90. The Labute approximate surface area is 189 Å². The van der Waals surface area contributed by atoms with Gasteiger partial charge in [0, 0.05) is 37.4 Å². The van der Waals surface area contributed by atoms with Crippen LogP contribution in [-0.2, 0) is 4.74 Å². The average molecular weight is 432 g/mol. The van der Waals surface area contributed by atoms with E-state index in [9.17, 15) is 9.59 Å².